The molecule has 0 aromatic heterocycles. The lowest BCUT2D eigenvalue weighted by molar-refractivity contribution is -0.136. The smallest absolute Gasteiger partial charge is 0.313 e. The molecular formula is C54H88F5N15O18. The number of hydrogen-bond donors (Lipinski definition) is 7. The van der Waals surface area contributed by atoms with Crippen LogP contribution in [0.5, 0.6) is 5.75 Å². The van der Waals surface area contributed by atoms with E-state index in [1.165, 1.54) is 0 Å². The van der Waals surface area contributed by atoms with Gasteiger partial charge in [-0.3, -0.25) is 34.1 Å². The first-order valence-electron chi connectivity index (χ1n) is 30.0. The molecule has 0 heterocycles. The highest BCUT2D eigenvalue weighted by Crippen LogP contribution is 2.29. The van der Waals surface area contributed by atoms with E-state index in [0.29, 0.717) is 32.2 Å². The second-order valence-electron chi connectivity index (χ2n) is 19.1. The number of carbonyl (C=O) groups excluding carboxylic acids is 6. The Morgan fingerprint density at radius 3 is 1.26 bits per heavy atom. The fourth-order valence-electron chi connectivity index (χ4n) is 7.34. The zero-order chi connectivity index (χ0) is 67.5. The highest BCUT2D eigenvalue weighted by Gasteiger charge is 2.29. The summed E-state index contributed by atoms with van der Waals surface area (Å²) >= 11 is 0. The number of amides is 5. The number of halogens is 5. The molecular weight excluding hydrogens is 1240 g/mol. The van der Waals surface area contributed by atoms with E-state index >= 15 is 0 Å². The van der Waals surface area contributed by atoms with Gasteiger partial charge in [0.05, 0.1) is 139 Å². The van der Waals surface area contributed by atoms with Crippen molar-refractivity contribution < 1.29 is 108 Å². The second kappa shape index (κ2) is 58.0. The van der Waals surface area contributed by atoms with Crippen molar-refractivity contribution in [3.8, 4) is 5.75 Å². The van der Waals surface area contributed by atoms with Crippen LogP contribution in [0.3, 0.4) is 0 Å². The van der Waals surface area contributed by atoms with Gasteiger partial charge in [0.25, 0.3) is 0 Å². The first-order chi connectivity index (χ1) is 44.7. The Morgan fingerprint density at radius 1 is 0.391 bits per heavy atom. The molecule has 0 saturated heterocycles. The summed E-state index contributed by atoms with van der Waals surface area (Å²) in [7, 11) is 0. The van der Waals surface area contributed by atoms with E-state index in [4.69, 9.17) is 64.0 Å². The summed E-state index contributed by atoms with van der Waals surface area (Å²) in [6.45, 7) is 4.41. The number of nitrogens with zero attached hydrogens (tertiary/aromatic N) is 9. The van der Waals surface area contributed by atoms with Crippen molar-refractivity contribution in [3.63, 3.8) is 0 Å². The lowest BCUT2D eigenvalue weighted by Crippen LogP contribution is -2.54. The Hall–Kier alpha value is -6.86. The molecule has 0 saturated carbocycles. The van der Waals surface area contributed by atoms with E-state index < -0.39 is 83.3 Å². The third-order valence-corrected chi connectivity index (χ3v) is 12.0. The summed E-state index contributed by atoms with van der Waals surface area (Å²) in [6.07, 6.45) is 1.07. The van der Waals surface area contributed by atoms with Crippen LogP contribution in [0.4, 0.5) is 22.0 Å². The maximum absolute atomic E-state index is 14.1. The molecule has 33 nitrogen and oxygen atoms in total. The van der Waals surface area contributed by atoms with Gasteiger partial charge >= 0.3 is 5.97 Å². The van der Waals surface area contributed by atoms with Crippen molar-refractivity contribution in [2.24, 2.45) is 15.3 Å². The van der Waals surface area contributed by atoms with Crippen LogP contribution in [0.2, 0.25) is 0 Å². The molecule has 1 aromatic carbocycles. The minimum absolute atomic E-state index is 0.0265. The van der Waals surface area contributed by atoms with Gasteiger partial charge in [0.2, 0.25) is 64.4 Å². The number of rotatable bonds is 62. The van der Waals surface area contributed by atoms with Gasteiger partial charge in [-0.15, -0.1) is 0 Å². The molecule has 0 aliphatic heterocycles. The largest absolute Gasteiger partial charge is 0.420 e. The molecule has 7 N–H and O–H groups in total. The Labute approximate surface area is 528 Å². The fourth-order valence-corrected chi connectivity index (χ4v) is 7.34. The summed E-state index contributed by atoms with van der Waals surface area (Å²) in [5.74, 6) is -16.8. The predicted octanol–water partition coefficient (Wildman–Crippen LogP) is 3.29. The second-order valence-corrected chi connectivity index (χ2v) is 19.1. The number of benzene rings is 1. The summed E-state index contributed by atoms with van der Waals surface area (Å²) in [4.78, 5) is 85.7. The first-order valence-corrected chi connectivity index (χ1v) is 30.0. The lowest BCUT2D eigenvalue weighted by atomic mass is 10.0. The third-order valence-electron chi connectivity index (χ3n) is 12.0. The lowest BCUT2D eigenvalue weighted by Gasteiger charge is -2.24. The van der Waals surface area contributed by atoms with E-state index in [9.17, 15) is 55.8 Å². The van der Waals surface area contributed by atoms with Crippen molar-refractivity contribution in [3.05, 3.63) is 60.4 Å². The van der Waals surface area contributed by atoms with Crippen LogP contribution < -0.4 is 36.6 Å². The first kappa shape index (κ1) is 83.2. The van der Waals surface area contributed by atoms with Crippen LogP contribution >= 0.6 is 0 Å². The minimum Gasteiger partial charge on any atom is -0.420 e. The monoisotopic (exact) mass is 1330 g/mol. The third kappa shape index (κ3) is 45.4. The number of esters is 1. The number of ether oxygens (including phenoxy) is 11. The molecule has 5 amide bonds. The molecule has 0 spiro atoms. The molecule has 0 radical (unpaired) electrons. The van der Waals surface area contributed by atoms with Gasteiger partial charge < -0.3 is 83.8 Å². The quantitative estimate of drug-likeness (QED) is 0.00470. The predicted molar refractivity (Wildman–Crippen MR) is 314 cm³/mol. The zero-order valence-corrected chi connectivity index (χ0v) is 51.6. The van der Waals surface area contributed by atoms with E-state index in [1.807, 2.05) is 0 Å². The fraction of sp³-hybridized carbons (Fsp3) is 0.778. The van der Waals surface area contributed by atoms with E-state index in [-0.39, 0.29) is 228 Å². The molecule has 1 unspecified atom stereocenters. The Balaban J connectivity index is 2.79. The number of nitrogens with one attached hydrogen (secondary N) is 6. The zero-order valence-electron chi connectivity index (χ0n) is 51.6. The number of azide groups is 3. The van der Waals surface area contributed by atoms with Crippen molar-refractivity contribution in [2.75, 3.05) is 178 Å². The van der Waals surface area contributed by atoms with Crippen LogP contribution in [-0.2, 0) is 76.1 Å². The maximum atomic E-state index is 14.1. The average Bonchev–Trinajstić information content (AvgIpc) is 0.868. The Bertz CT molecular complexity index is 2360. The number of hydrogen-bond acceptors (Lipinski definition) is 22. The molecule has 38 heteroatoms. The summed E-state index contributed by atoms with van der Waals surface area (Å²) in [5.41, 5.74) is 25.0. The van der Waals surface area contributed by atoms with Gasteiger partial charge in [0, 0.05) is 79.7 Å². The van der Waals surface area contributed by atoms with Crippen LogP contribution in [0.15, 0.2) is 15.3 Å². The molecule has 522 valence electrons. The van der Waals surface area contributed by atoms with Gasteiger partial charge in [0.15, 0.2) is 0 Å². The number of aliphatic hydroxyl groups is 1. The number of carbonyl (C=O) groups is 6. The van der Waals surface area contributed by atoms with E-state index in [0.717, 1.165) is 0 Å². The number of unbranched alkanes of at least 4 members (excludes halogenated alkanes) is 2. The van der Waals surface area contributed by atoms with Gasteiger partial charge in [0.1, 0.15) is 18.3 Å². The highest BCUT2D eigenvalue weighted by atomic mass is 19.2. The molecule has 0 bridgehead atoms. The highest BCUT2D eigenvalue weighted by molar-refractivity contribution is 5.92. The van der Waals surface area contributed by atoms with Crippen LogP contribution in [-0.4, -0.2) is 237 Å². The standard InChI is InChI=1S/C54H88F5N15O18/c55-47-48(56)50(58)52(51(59)49(47)57)92-46(79)12-23-85-31-36-90-38-39-91-37-35-86-24-16-66-53(80)40(6-1-3-13-63-42(75)9-20-82-28-32-87-25-17-67-72-60)71-54(81)41(7-2-4-14-64-43(76)10-21-83-29-33-88-26-18-68-73-61)70-45(78)8-5-15-65-44(77)11-22-84-30-34-89-27-19-69-74-62/h40-41,43,64,76H,1-39H2,(H,63,75)(H,65,77)(H,66,80)(H,70,78)(H,71,81)/t40-,41-,43?/m0/s1. The van der Waals surface area contributed by atoms with E-state index in [2.05, 4.69) is 66.7 Å². The molecule has 3 atom stereocenters. The van der Waals surface area contributed by atoms with Crippen molar-refractivity contribution >= 4 is 35.5 Å². The van der Waals surface area contributed by atoms with E-state index in [1.54, 1.807) is 0 Å². The minimum atomic E-state index is -2.39. The average molecular weight is 1330 g/mol. The van der Waals surface area contributed by atoms with Gasteiger partial charge in [-0.1, -0.05) is 15.3 Å². The van der Waals surface area contributed by atoms with Crippen molar-refractivity contribution in [1.29, 1.82) is 0 Å². The Kier molecular flexibility index (Phi) is 52.4. The maximum Gasteiger partial charge on any atom is 0.313 e. The topological polar surface area (TPSA) is 443 Å². The molecule has 1 aromatic rings. The molecule has 0 aliphatic carbocycles. The molecule has 1 rings (SSSR count). The SMILES string of the molecule is [N-]=[N+]=NCCOCCOCCC(=O)NCCCC[C@H](NC(=O)[C@H](CCCCNC(O)CCOCCOCCN=[N+]=[N-])NC(=O)CCCNC(=O)CCOCCOCCN=[N+]=[N-])C(=O)NCCOCCOCCOCCOCCC(=O)Oc1c(F)c(F)c(F)c(F)c1F. The Morgan fingerprint density at radius 2 is 0.783 bits per heavy atom. The molecule has 0 aliphatic rings. The van der Waals surface area contributed by atoms with Crippen molar-refractivity contribution in [2.45, 2.75) is 95.4 Å². The van der Waals surface area contributed by atoms with Gasteiger partial charge in [-0.2, -0.15) is 8.78 Å². The van der Waals surface area contributed by atoms with Gasteiger partial charge in [-0.05, 0) is 68.1 Å². The summed E-state index contributed by atoms with van der Waals surface area (Å²) in [6, 6.07) is -2.19. The van der Waals surface area contributed by atoms with Gasteiger partial charge in [-0.25, -0.2) is 13.2 Å². The van der Waals surface area contributed by atoms with Crippen LogP contribution in [0.25, 0.3) is 31.3 Å². The van der Waals surface area contributed by atoms with Crippen molar-refractivity contribution in [1.82, 2.24) is 31.9 Å². The molecule has 0 fully saturated rings. The summed E-state index contributed by atoms with van der Waals surface area (Å²) < 4.78 is 125. The summed E-state index contributed by atoms with van der Waals surface area (Å²) in [5, 5.41) is 37.3. The molecule has 92 heavy (non-hydrogen) atoms. The van der Waals surface area contributed by atoms with Crippen LogP contribution in [0.1, 0.15) is 77.0 Å². The number of aliphatic hydroxyl groups excluding tert-OH is 1. The normalized spacial score (nSPS) is 11.9. The van der Waals surface area contributed by atoms with Crippen LogP contribution in [0, 0.1) is 29.1 Å².